The third kappa shape index (κ3) is 8.98. The van der Waals surface area contributed by atoms with Gasteiger partial charge in [0.1, 0.15) is 13.2 Å². The molecule has 1 heterocycles. The van der Waals surface area contributed by atoms with Crippen LogP contribution in [-0.4, -0.2) is 54.8 Å². The average molecular weight is 480 g/mol. The molecule has 0 bridgehead atoms. The highest BCUT2D eigenvalue weighted by atomic mass is 16.5. The molecule has 8 heteroatoms. The van der Waals surface area contributed by atoms with Crippen LogP contribution >= 0.6 is 0 Å². The fourth-order valence-electron chi connectivity index (χ4n) is 3.64. The van der Waals surface area contributed by atoms with Crippen LogP contribution in [0.5, 0.6) is 0 Å². The summed E-state index contributed by atoms with van der Waals surface area (Å²) in [7, 11) is 0. The molecule has 186 valence electrons. The number of unbranched alkanes of at least 4 members (excludes halogenated alkanes) is 1. The second-order valence-electron chi connectivity index (χ2n) is 8.72. The van der Waals surface area contributed by atoms with E-state index in [-0.39, 0.29) is 43.3 Å². The van der Waals surface area contributed by atoms with E-state index in [4.69, 9.17) is 4.74 Å². The first-order valence-corrected chi connectivity index (χ1v) is 12.0. The normalized spacial score (nSPS) is 12.7. The number of carbonyl (C=O) groups excluding carboxylic acids is 4. The number of ether oxygens (including phenoxy) is 1. The minimum atomic E-state index is -0.352. The predicted octanol–water partition coefficient (Wildman–Crippen LogP) is 2.78. The van der Waals surface area contributed by atoms with Gasteiger partial charge in [0, 0.05) is 31.6 Å². The molecule has 1 aliphatic rings. The second-order valence-corrected chi connectivity index (χ2v) is 8.72. The van der Waals surface area contributed by atoms with E-state index in [1.807, 2.05) is 12.1 Å². The monoisotopic (exact) mass is 479 g/mol. The molecule has 0 saturated carbocycles. The topological polar surface area (TPSA) is 105 Å². The van der Waals surface area contributed by atoms with Crippen molar-refractivity contribution in [2.24, 2.45) is 0 Å². The van der Waals surface area contributed by atoms with E-state index in [1.165, 1.54) is 16.0 Å². The van der Waals surface area contributed by atoms with Crippen molar-refractivity contribution in [3.8, 4) is 0 Å². The van der Waals surface area contributed by atoms with Crippen LogP contribution in [0.4, 0.5) is 5.69 Å². The number of hydrogen-bond donors (Lipinski definition) is 2. The van der Waals surface area contributed by atoms with Gasteiger partial charge in [-0.3, -0.25) is 24.1 Å². The molecule has 1 saturated heterocycles. The van der Waals surface area contributed by atoms with E-state index < -0.39 is 0 Å². The molecule has 0 atom stereocenters. The van der Waals surface area contributed by atoms with Crippen LogP contribution in [0.2, 0.25) is 0 Å². The van der Waals surface area contributed by atoms with Gasteiger partial charge in [0.25, 0.3) is 0 Å². The minimum Gasteiger partial charge on any atom is -0.362 e. The summed E-state index contributed by atoms with van der Waals surface area (Å²) in [5.74, 6) is -0.856. The predicted molar refractivity (Wildman–Crippen MR) is 133 cm³/mol. The van der Waals surface area contributed by atoms with Gasteiger partial charge < -0.3 is 15.4 Å². The van der Waals surface area contributed by atoms with Crippen molar-refractivity contribution in [1.82, 2.24) is 10.2 Å². The summed E-state index contributed by atoms with van der Waals surface area (Å²) < 4.78 is 5.21. The molecule has 35 heavy (non-hydrogen) atoms. The van der Waals surface area contributed by atoms with E-state index in [0.717, 1.165) is 24.8 Å². The quantitative estimate of drug-likeness (QED) is 0.340. The van der Waals surface area contributed by atoms with Crippen LogP contribution in [0.3, 0.4) is 0 Å². The molecule has 1 fully saturated rings. The van der Waals surface area contributed by atoms with Crippen LogP contribution in [0.1, 0.15) is 42.4 Å². The van der Waals surface area contributed by atoms with Gasteiger partial charge >= 0.3 is 0 Å². The highest BCUT2D eigenvalue weighted by Gasteiger charge is 2.29. The van der Waals surface area contributed by atoms with Gasteiger partial charge in [-0.1, -0.05) is 42.0 Å². The largest absolute Gasteiger partial charge is 0.362 e. The Morgan fingerprint density at radius 2 is 1.54 bits per heavy atom. The molecule has 2 aromatic rings. The van der Waals surface area contributed by atoms with Crippen LogP contribution in [0.15, 0.2) is 48.5 Å². The van der Waals surface area contributed by atoms with E-state index >= 15 is 0 Å². The van der Waals surface area contributed by atoms with E-state index in [9.17, 15) is 19.2 Å². The summed E-state index contributed by atoms with van der Waals surface area (Å²) in [6, 6.07) is 15.6. The minimum absolute atomic E-state index is 0.110. The Hall–Kier alpha value is -3.52. The number of amides is 4. The number of hydrogen-bond acceptors (Lipinski definition) is 5. The molecule has 2 N–H and O–H groups in total. The summed E-state index contributed by atoms with van der Waals surface area (Å²) in [6.07, 6.45) is 4.09. The number of carbonyl (C=O) groups is 4. The number of rotatable bonds is 13. The number of likely N-dealkylation sites (tertiary alicyclic amines) is 1. The van der Waals surface area contributed by atoms with Crippen molar-refractivity contribution >= 4 is 29.3 Å². The zero-order chi connectivity index (χ0) is 25.0. The van der Waals surface area contributed by atoms with Crippen LogP contribution in [-0.2, 0) is 36.8 Å². The summed E-state index contributed by atoms with van der Waals surface area (Å²) in [4.78, 5) is 48.4. The zero-order valence-corrected chi connectivity index (χ0v) is 20.2. The molecule has 0 unspecified atom stereocenters. The van der Waals surface area contributed by atoms with Crippen LogP contribution in [0.25, 0.3) is 0 Å². The number of nitrogens with zero attached hydrogens (tertiary/aromatic N) is 1. The number of β-lactam (4-membered cyclic amide) rings is 1. The lowest BCUT2D eigenvalue weighted by atomic mass is 10.1. The van der Waals surface area contributed by atoms with Crippen molar-refractivity contribution in [3.05, 3.63) is 65.2 Å². The van der Waals surface area contributed by atoms with Crippen molar-refractivity contribution in [2.75, 3.05) is 31.6 Å². The van der Waals surface area contributed by atoms with Gasteiger partial charge in [-0.05, 0) is 55.9 Å². The van der Waals surface area contributed by atoms with Crippen molar-refractivity contribution < 1.29 is 23.9 Å². The average Bonchev–Trinajstić information content (AvgIpc) is 2.83. The molecule has 0 spiro atoms. The zero-order valence-electron chi connectivity index (χ0n) is 20.2. The number of aryl methyl sites for hydroxylation is 3. The highest BCUT2D eigenvalue weighted by molar-refractivity contribution is 5.99. The molecule has 8 nitrogen and oxygen atoms in total. The first-order valence-electron chi connectivity index (χ1n) is 12.0. The highest BCUT2D eigenvalue weighted by Crippen LogP contribution is 2.14. The first-order chi connectivity index (χ1) is 16.9. The Balaban J connectivity index is 1.23. The molecule has 4 amide bonds. The van der Waals surface area contributed by atoms with Crippen molar-refractivity contribution in [1.29, 1.82) is 0 Å². The van der Waals surface area contributed by atoms with Crippen LogP contribution < -0.4 is 10.6 Å². The van der Waals surface area contributed by atoms with Gasteiger partial charge in [-0.2, -0.15) is 0 Å². The Labute approximate surface area is 206 Å². The van der Waals surface area contributed by atoms with E-state index in [2.05, 4.69) is 41.8 Å². The van der Waals surface area contributed by atoms with Gasteiger partial charge in [-0.25, -0.2) is 0 Å². The number of benzene rings is 2. The maximum atomic E-state index is 12.0. The summed E-state index contributed by atoms with van der Waals surface area (Å²) in [6.45, 7) is 2.77. The van der Waals surface area contributed by atoms with Gasteiger partial charge in [0.2, 0.25) is 23.6 Å². The van der Waals surface area contributed by atoms with Crippen molar-refractivity contribution in [3.63, 3.8) is 0 Å². The molecular formula is C27H33N3O5. The number of imide groups is 1. The Kier molecular flexibility index (Phi) is 9.98. The molecule has 1 aliphatic heterocycles. The van der Waals surface area contributed by atoms with Gasteiger partial charge in [0.05, 0.1) is 0 Å². The summed E-state index contributed by atoms with van der Waals surface area (Å²) >= 11 is 0. The fourth-order valence-corrected chi connectivity index (χ4v) is 3.64. The third-order valence-electron chi connectivity index (χ3n) is 5.82. The SMILES string of the molecule is Cc1ccc(CCCCNC(=O)COCC(=O)Nc2ccc(CCC(=O)N3CCC3=O)cc2)cc1. The summed E-state index contributed by atoms with van der Waals surface area (Å²) in [5.41, 5.74) is 4.08. The van der Waals surface area contributed by atoms with Gasteiger partial charge in [-0.15, -0.1) is 0 Å². The second kappa shape index (κ2) is 13.4. The van der Waals surface area contributed by atoms with Gasteiger partial charge in [0.15, 0.2) is 0 Å². The Morgan fingerprint density at radius 3 is 2.20 bits per heavy atom. The Bertz CT molecular complexity index is 1020. The third-order valence-corrected chi connectivity index (χ3v) is 5.82. The fraction of sp³-hybridized carbons (Fsp3) is 0.407. The molecule has 3 rings (SSSR count). The molecule has 0 radical (unpaired) electrons. The Morgan fingerprint density at radius 1 is 0.886 bits per heavy atom. The smallest absolute Gasteiger partial charge is 0.250 e. The summed E-state index contributed by atoms with van der Waals surface area (Å²) in [5, 5.41) is 5.52. The lowest BCUT2D eigenvalue weighted by molar-refractivity contribution is -0.152. The molecule has 0 aromatic heterocycles. The maximum absolute atomic E-state index is 12.0. The van der Waals surface area contributed by atoms with E-state index in [0.29, 0.717) is 31.6 Å². The van der Waals surface area contributed by atoms with Crippen LogP contribution in [0, 0.1) is 6.92 Å². The van der Waals surface area contributed by atoms with E-state index in [1.54, 1.807) is 12.1 Å². The lowest BCUT2D eigenvalue weighted by Gasteiger charge is -2.28. The maximum Gasteiger partial charge on any atom is 0.250 e. The number of nitrogens with one attached hydrogen (secondary N) is 2. The molecular weight excluding hydrogens is 446 g/mol. The first kappa shape index (κ1) is 26.1. The standard InChI is InChI=1S/C27H33N3O5/c1-20-5-7-21(8-6-20)4-2-3-16-28-24(31)18-35-19-25(32)29-23-12-9-22(10-13-23)11-14-26(33)30-17-15-27(30)34/h5-10,12-13H,2-4,11,14-19H2,1H3,(H,28,31)(H,29,32). The molecule has 2 aromatic carbocycles. The molecule has 0 aliphatic carbocycles. The number of anilines is 1. The van der Waals surface area contributed by atoms with Crippen molar-refractivity contribution in [2.45, 2.75) is 45.4 Å². The lowest BCUT2D eigenvalue weighted by Crippen LogP contribution is -2.47.